The number of hydrogen-bond donors (Lipinski definition) is 3. The lowest BCUT2D eigenvalue weighted by atomic mass is 10.2. The minimum absolute atomic E-state index is 0.120. The molecule has 0 saturated carbocycles. The Bertz CT molecular complexity index is 546. The maximum Gasteiger partial charge on any atom is 0.242 e. The van der Waals surface area contributed by atoms with Crippen molar-refractivity contribution in [1.29, 1.82) is 0 Å². The van der Waals surface area contributed by atoms with Gasteiger partial charge in [-0.1, -0.05) is 0 Å². The van der Waals surface area contributed by atoms with Gasteiger partial charge in [-0.25, -0.2) is 12.7 Å². The zero-order valence-corrected chi connectivity index (χ0v) is 12.6. The number of anilines is 2. The summed E-state index contributed by atoms with van der Waals surface area (Å²) in [4.78, 5) is 0.123. The van der Waals surface area contributed by atoms with Crippen molar-refractivity contribution in [1.82, 2.24) is 4.31 Å². The van der Waals surface area contributed by atoms with Gasteiger partial charge in [0.25, 0.3) is 0 Å². The molecule has 8 heteroatoms. The zero-order valence-electron chi connectivity index (χ0n) is 11.8. The molecule has 20 heavy (non-hydrogen) atoms. The number of nitrogens with zero attached hydrogens (tertiary/aromatic N) is 1. The van der Waals surface area contributed by atoms with E-state index in [0.29, 0.717) is 18.0 Å². The average Bonchev–Trinajstić information content (AvgIpc) is 2.39. The van der Waals surface area contributed by atoms with Crippen LogP contribution < -0.4 is 11.1 Å². The number of ether oxygens (including phenoxy) is 1. The quantitative estimate of drug-likeness (QED) is 0.609. The Morgan fingerprint density at radius 3 is 2.55 bits per heavy atom. The first-order chi connectivity index (χ1) is 9.32. The van der Waals surface area contributed by atoms with Gasteiger partial charge in [-0.2, -0.15) is 0 Å². The Balaban J connectivity index is 3.00. The molecule has 0 aliphatic carbocycles. The number of aliphatic hydroxyl groups excluding tert-OH is 1. The number of sulfonamides is 1. The van der Waals surface area contributed by atoms with Gasteiger partial charge in [0.1, 0.15) is 0 Å². The molecule has 4 N–H and O–H groups in total. The van der Waals surface area contributed by atoms with Gasteiger partial charge in [-0.15, -0.1) is 0 Å². The van der Waals surface area contributed by atoms with Crippen LogP contribution in [0, 0.1) is 0 Å². The van der Waals surface area contributed by atoms with E-state index >= 15 is 0 Å². The Morgan fingerprint density at radius 1 is 1.45 bits per heavy atom. The standard InChI is InChI=1S/C12H21N3O4S/c1-15(2)20(17,18)10-4-5-12(11(13)6-10)14-9(7-16)8-19-3/h4-6,9,14,16H,7-8,13H2,1-3H3. The number of nitrogen functional groups attached to an aromatic ring is 1. The molecule has 0 amide bonds. The number of methoxy groups -OCH3 is 1. The molecule has 1 unspecified atom stereocenters. The van der Waals surface area contributed by atoms with Gasteiger partial charge in [0.15, 0.2) is 0 Å². The normalized spacial score (nSPS) is 13.4. The Morgan fingerprint density at radius 2 is 2.10 bits per heavy atom. The lowest BCUT2D eigenvalue weighted by Crippen LogP contribution is -2.29. The zero-order chi connectivity index (χ0) is 15.3. The molecule has 7 nitrogen and oxygen atoms in total. The van der Waals surface area contributed by atoms with Crippen molar-refractivity contribution in [2.75, 3.05) is 45.5 Å². The summed E-state index contributed by atoms with van der Waals surface area (Å²) in [5.74, 6) is 0. The summed E-state index contributed by atoms with van der Waals surface area (Å²) in [7, 11) is 0.932. The van der Waals surface area contributed by atoms with Crippen LogP contribution in [0.15, 0.2) is 23.1 Å². The molecular formula is C12H21N3O4S. The number of rotatable bonds is 7. The number of hydrogen-bond acceptors (Lipinski definition) is 6. The van der Waals surface area contributed by atoms with Crippen molar-refractivity contribution in [2.24, 2.45) is 0 Å². The lowest BCUT2D eigenvalue weighted by Gasteiger charge is -2.19. The van der Waals surface area contributed by atoms with Gasteiger partial charge in [-0.3, -0.25) is 0 Å². The molecule has 1 rings (SSSR count). The van der Waals surface area contributed by atoms with Crippen LogP contribution in [-0.4, -0.2) is 58.3 Å². The van der Waals surface area contributed by atoms with Crippen molar-refractivity contribution >= 4 is 21.4 Å². The van der Waals surface area contributed by atoms with E-state index in [4.69, 9.17) is 10.5 Å². The fourth-order valence-corrected chi connectivity index (χ4v) is 2.54. The highest BCUT2D eigenvalue weighted by molar-refractivity contribution is 7.89. The van der Waals surface area contributed by atoms with E-state index in [0.717, 1.165) is 4.31 Å². The average molecular weight is 303 g/mol. The third kappa shape index (κ3) is 3.83. The van der Waals surface area contributed by atoms with E-state index in [1.807, 2.05) is 0 Å². The van der Waals surface area contributed by atoms with Crippen LogP contribution in [0.4, 0.5) is 11.4 Å². The molecule has 0 spiro atoms. The molecule has 1 aromatic rings. The second-order valence-corrected chi connectivity index (χ2v) is 6.67. The molecule has 114 valence electrons. The van der Waals surface area contributed by atoms with Crippen LogP contribution in [0.25, 0.3) is 0 Å². The van der Waals surface area contributed by atoms with Crippen LogP contribution >= 0.6 is 0 Å². The highest BCUT2D eigenvalue weighted by Gasteiger charge is 2.18. The number of nitrogens with two attached hydrogens (primary N) is 1. The molecule has 0 aliphatic rings. The van der Waals surface area contributed by atoms with E-state index < -0.39 is 10.0 Å². The Hall–Kier alpha value is -1.35. The van der Waals surface area contributed by atoms with Gasteiger partial charge in [0, 0.05) is 21.2 Å². The summed E-state index contributed by atoms with van der Waals surface area (Å²) >= 11 is 0. The molecule has 1 aromatic carbocycles. The number of benzene rings is 1. The van der Waals surface area contributed by atoms with Gasteiger partial charge in [0.2, 0.25) is 10.0 Å². The molecule has 0 fully saturated rings. The van der Waals surface area contributed by atoms with Crippen molar-refractivity contribution in [3.63, 3.8) is 0 Å². The molecule has 0 saturated heterocycles. The molecule has 0 heterocycles. The van der Waals surface area contributed by atoms with E-state index in [2.05, 4.69) is 5.32 Å². The first kappa shape index (κ1) is 16.7. The van der Waals surface area contributed by atoms with Gasteiger partial charge < -0.3 is 20.9 Å². The minimum atomic E-state index is -3.51. The van der Waals surface area contributed by atoms with Crippen molar-refractivity contribution < 1.29 is 18.3 Å². The maximum absolute atomic E-state index is 12.0. The van der Waals surface area contributed by atoms with Crippen molar-refractivity contribution in [3.8, 4) is 0 Å². The second kappa shape index (κ2) is 6.89. The second-order valence-electron chi connectivity index (χ2n) is 4.52. The van der Waals surface area contributed by atoms with Crippen LogP contribution in [0.2, 0.25) is 0 Å². The summed E-state index contributed by atoms with van der Waals surface area (Å²) in [6.07, 6.45) is 0. The Kier molecular flexibility index (Phi) is 5.75. The number of aliphatic hydroxyl groups is 1. The lowest BCUT2D eigenvalue weighted by molar-refractivity contribution is 0.153. The molecule has 0 aromatic heterocycles. The predicted octanol–water partition coefficient (Wildman–Crippen LogP) is -0.0617. The molecule has 1 atom stereocenters. The van der Waals surface area contributed by atoms with Crippen LogP contribution in [-0.2, 0) is 14.8 Å². The first-order valence-electron chi connectivity index (χ1n) is 6.01. The fraction of sp³-hybridized carbons (Fsp3) is 0.500. The molecule has 0 aliphatic heterocycles. The Labute approximate surface area is 119 Å². The van der Waals surface area contributed by atoms with Crippen molar-refractivity contribution in [2.45, 2.75) is 10.9 Å². The summed E-state index contributed by atoms with van der Waals surface area (Å²) in [6, 6.07) is 4.12. The largest absolute Gasteiger partial charge is 0.397 e. The molecule has 0 bridgehead atoms. The monoisotopic (exact) mass is 303 g/mol. The van der Waals surface area contributed by atoms with Gasteiger partial charge >= 0.3 is 0 Å². The van der Waals surface area contributed by atoms with E-state index in [1.165, 1.54) is 33.3 Å². The molecular weight excluding hydrogens is 282 g/mol. The number of nitrogens with one attached hydrogen (secondary N) is 1. The highest BCUT2D eigenvalue weighted by Crippen LogP contribution is 2.24. The fourth-order valence-electron chi connectivity index (χ4n) is 1.60. The van der Waals surface area contributed by atoms with Crippen LogP contribution in [0.3, 0.4) is 0 Å². The van der Waals surface area contributed by atoms with Crippen LogP contribution in [0.5, 0.6) is 0 Å². The molecule has 0 radical (unpaired) electrons. The summed E-state index contributed by atoms with van der Waals surface area (Å²) < 4.78 is 30.0. The highest BCUT2D eigenvalue weighted by atomic mass is 32.2. The predicted molar refractivity (Wildman–Crippen MR) is 78.1 cm³/mol. The van der Waals surface area contributed by atoms with E-state index in [-0.39, 0.29) is 17.5 Å². The summed E-state index contributed by atoms with van der Waals surface area (Å²) in [6.45, 7) is 0.193. The smallest absolute Gasteiger partial charge is 0.242 e. The maximum atomic E-state index is 12.0. The summed E-state index contributed by atoms with van der Waals surface area (Å²) in [5, 5.41) is 12.2. The topological polar surface area (TPSA) is 105 Å². The van der Waals surface area contributed by atoms with Gasteiger partial charge in [0.05, 0.1) is 35.5 Å². The first-order valence-corrected chi connectivity index (χ1v) is 7.45. The SMILES string of the molecule is COCC(CO)Nc1ccc(S(=O)(=O)N(C)C)cc1N. The minimum Gasteiger partial charge on any atom is -0.397 e. The van der Waals surface area contributed by atoms with Crippen molar-refractivity contribution in [3.05, 3.63) is 18.2 Å². The third-order valence-corrected chi connectivity index (χ3v) is 4.56. The third-order valence-electron chi connectivity index (χ3n) is 2.75. The summed E-state index contributed by atoms with van der Waals surface area (Å²) in [5.41, 5.74) is 6.70. The van der Waals surface area contributed by atoms with E-state index in [9.17, 15) is 13.5 Å². The van der Waals surface area contributed by atoms with E-state index in [1.54, 1.807) is 6.07 Å². The van der Waals surface area contributed by atoms with Crippen LogP contribution in [0.1, 0.15) is 0 Å². The van der Waals surface area contributed by atoms with Gasteiger partial charge in [-0.05, 0) is 18.2 Å².